The normalized spacial score (nSPS) is 17.4. The molecular formula is C26H32N8O2. The highest BCUT2D eigenvalue weighted by Gasteiger charge is 2.39. The molecule has 0 saturated carbocycles. The molecule has 0 aliphatic carbocycles. The third-order valence-corrected chi connectivity index (χ3v) is 6.76. The van der Waals surface area contributed by atoms with Gasteiger partial charge in [-0.3, -0.25) is 0 Å². The number of piperidine rings is 1. The molecule has 36 heavy (non-hydrogen) atoms. The molecule has 1 fully saturated rings. The molecule has 3 N–H and O–H groups in total. The third kappa shape index (κ3) is 4.61. The number of rotatable bonds is 5. The predicted molar refractivity (Wildman–Crippen MR) is 138 cm³/mol. The van der Waals surface area contributed by atoms with Gasteiger partial charge < -0.3 is 20.4 Å². The van der Waals surface area contributed by atoms with Crippen molar-refractivity contribution in [1.82, 2.24) is 35.1 Å². The second-order valence-corrected chi connectivity index (χ2v) is 10.8. The first-order valence-corrected chi connectivity index (χ1v) is 12.0. The molecule has 1 aromatic carbocycles. The summed E-state index contributed by atoms with van der Waals surface area (Å²) >= 11 is 0. The quantitative estimate of drug-likeness (QED) is 0.388. The van der Waals surface area contributed by atoms with E-state index in [9.17, 15) is 10.2 Å². The number of nitrogens with one attached hydrogen (secondary N) is 1. The number of phenolic OH excluding ortho intramolecular Hbond substituents is 1. The summed E-state index contributed by atoms with van der Waals surface area (Å²) < 4.78 is 1.61. The number of aliphatic hydroxyl groups excluding tert-OH is 1. The molecular weight excluding hydrogens is 456 g/mol. The topological polar surface area (TPSA) is 125 Å². The Bertz CT molecular complexity index is 1380. The van der Waals surface area contributed by atoms with Crippen LogP contribution in [0.4, 0.5) is 5.95 Å². The standard InChI is InChI=1S/C26H32N8O2/c1-25(2)12-18(13-26(3,4)32-25)33(5)24-28-14-21(29-30-24)19-7-6-16(11-22(19)36)20-10-17(15-35)23-27-8-9-34(23)31-20/h6-11,14,18,32,35-36H,12-13,15H2,1-5H3. The third-order valence-electron chi connectivity index (χ3n) is 6.76. The van der Waals surface area contributed by atoms with Gasteiger partial charge in [0, 0.05) is 53.3 Å². The average molecular weight is 489 g/mol. The predicted octanol–water partition coefficient (Wildman–Crippen LogP) is 3.19. The van der Waals surface area contributed by atoms with E-state index in [4.69, 9.17) is 0 Å². The Morgan fingerprint density at radius 1 is 1.06 bits per heavy atom. The summed E-state index contributed by atoms with van der Waals surface area (Å²) in [5.74, 6) is 0.604. The van der Waals surface area contributed by atoms with Crippen LogP contribution in [0.2, 0.25) is 0 Å². The van der Waals surface area contributed by atoms with Gasteiger partial charge in [-0.1, -0.05) is 6.07 Å². The lowest BCUT2D eigenvalue weighted by molar-refractivity contribution is 0.160. The van der Waals surface area contributed by atoms with Crippen molar-refractivity contribution in [3.05, 3.63) is 48.4 Å². The maximum atomic E-state index is 10.8. The first-order chi connectivity index (χ1) is 17.0. The van der Waals surface area contributed by atoms with Crippen LogP contribution < -0.4 is 10.2 Å². The Morgan fingerprint density at radius 2 is 1.81 bits per heavy atom. The highest BCUT2D eigenvalue weighted by atomic mass is 16.3. The van der Waals surface area contributed by atoms with Crippen molar-refractivity contribution in [1.29, 1.82) is 0 Å². The zero-order valence-corrected chi connectivity index (χ0v) is 21.3. The van der Waals surface area contributed by atoms with Crippen LogP contribution in [0.5, 0.6) is 5.75 Å². The summed E-state index contributed by atoms with van der Waals surface area (Å²) in [6, 6.07) is 7.30. The minimum atomic E-state index is -0.158. The highest BCUT2D eigenvalue weighted by molar-refractivity contribution is 5.73. The number of aromatic nitrogens is 6. The van der Waals surface area contributed by atoms with Crippen molar-refractivity contribution in [2.75, 3.05) is 11.9 Å². The van der Waals surface area contributed by atoms with Gasteiger partial charge in [-0.2, -0.15) is 5.10 Å². The van der Waals surface area contributed by atoms with Crippen LogP contribution >= 0.6 is 0 Å². The summed E-state index contributed by atoms with van der Waals surface area (Å²) in [6.07, 6.45) is 6.93. The molecule has 10 heteroatoms. The second-order valence-electron chi connectivity index (χ2n) is 10.8. The molecule has 10 nitrogen and oxygen atoms in total. The Balaban J connectivity index is 1.39. The minimum Gasteiger partial charge on any atom is -0.507 e. The largest absolute Gasteiger partial charge is 0.507 e. The van der Waals surface area contributed by atoms with E-state index >= 15 is 0 Å². The zero-order valence-electron chi connectivity index (χ0n) is 21.3. The lowest BCUT2D eigenvalue weighted by Gasteiger charge is -2.48. The second kappa shape index (κ2) is 8.79. The number of anilines is 1. The summed E-state index contributed by atoms with van der Waals surface area (Å²) in [6.45, 7) is 8.72. The lowest BCUT2D eigenvalue weighted by Crippen LogP contribution is -2.62. The monoisotopic (exact) mass is 488 g/mol. The fourth-order valence-electron chi connectivity index (χ4n) is 5.41. The first-order valence-electron chi connectivity index (χ1n) is 12.0. The zero-order chi connectivity index (χ0) is 25.7. The van der Waals surface area contributed by atoms with Crippen LogP contribution in [0.1, 0.15) is 46.1 Å². The maximum absolute atomic E-state index is 10.8. The number of nitrogens with zero attached hydrogens (tertiary/aromatic N) is 7. The molecule has 0 amide bonds. The SMILES string of the molecule is CN(c1ncc(-c2ccc(-c3cc(CO)c4nccn4n3)cc2O)nn1)C1CC(C)(C)NC(C)(C)C1. The molecule has 0 spiro atoms. The van der Waals surface area contributed by atoms with E-state index in [1.54, 1.807) is 41.3 Å². The summed E-state index contributed by atoms with van der Waals surface area (Å²) in [7, 11) is 2.01. The molecule has 0 bridgehead atoms. The molecule has 0 atom stereocenters. The highest BCUT2D eigenvalue weighted by Crippen LogP contribution is 2.34. The van der Waals surface area contributed by atoms with Crippen molar-refractivity contribution in [3.63, 3.8) is 0 Å². The van der Waals surface area contributed by atoms with E-state index in [1.807, 2.05) is 13.1 Å². The van der Waals surface area contributed by atoms with Gasteiger partial charge in [0.1, 0.15) is 11.4 Å². The summed E-state index contributed by atoms with van der Waals surface area (Å²) in [4.78, 5) is 10.9. The Kier molecular flexibility index (Phi) is 5.88. The van der Waals surface area contributed by atoms with E-state index in [1.165, 1.54) is 0 Å². The van der Waals surface area contributed by atoms with E-state index in [0.29, 0.717) is 39.7 Å². The summed E-state index contributed by atoms with van der Waals surface area (Å²) in [5.41, 5.74) is 3.61. The Hall–Kier alpha value is -3.63. The van der Waals surface area contributed by atoms with Crippen molar-refractivity contribution >= 4 is 11.6 Å². The van der Waals surface area contributed by atoms with Crippen LogP contribution in [0.15, 0.2) is 42.9 Å². The number of fused-ring (bicyclic) bond motifs is 1. The van der Waals surface area contributed by atoms with E-state index in [-0.39, 0.29) is 29.5 Å². The molecule has 0 radical (unpaired) electrons. The lowest BCUT2D eigenvalue weighted by atomic mass is 9.79. The van der Waals surface area contributed by atoms with Gasteiger partial charge in [-0.05, 0) is 58.7 Å². The number of imidazole rings is 1. The van der Waals surface area contributed by atoms with E-state index < -0.39 is 0 Å². The van der Waals surface area contributed by atoms with Crippen LogP contribution in [-0.4, -0.2) is 64.2 Å². The molecule has 1 saturated heterocycles. The van der Waals surface area contributed by atoms with Gasteiger partial charge in [0.25, 0.3) is 0 Å². The maximum Gasteiger partial charge on any atom is 0.245 e. The van der Waals surface area contributed by atoms with Crippen LogP contribution in [0.25, 0.3) is 28.2 Å². The number of phenols is 1. The Labute approximate surface area is 210 Å². The molecule has 0 unspecified atom stereocenters. The van der Waals surface area contributed by atoms with Crippen molar-refractivity contribution in [3.8, 4) is 28.3 Å². The summed E-state index contributed by atoms with van der Waals surface area (Å²) in [5, 5.41) is 37.5. The van der Waals surface area contributed by atoms with E-state index in [2.05, 4.69) is 63.2 Å². The van der Waals surface area contributed by atoms with Gasteiger partial charge in [-0.25, -0.2) is 14.5 Å². The number of hydrogen-bond donors (Lipinski definition) is 3. The van der Waals surface area contributed by atoms with Gasteiger partial charge in [0.15, 0.2) is 5.65 Å². The van der Waals surface area contributed by atoms with Crippen LogP contribution in [0.3, 0.4) is 0 Å². The molecule has 1 aliphatic heterocycles. The van der Waals surface area contributed by atoms with Gasteiger partial charge in [0.05, 0.1) is 18.5 Å². The number of hydrogen-bond acceptors (Lipinski definition) is 9. The number of aliphatic hydroxyl groups is 1. The van der Waals surface area contributed by atoms with Crippen LogP contribution in [-0.2, 0) is 6.61 Å². The first kappa shape index (κ1) is 24.1. The van der Waals surface area contributed by atoms with Crippen molar-refractivity contribution < 1.29 is 10.2 Å². The van der Waals surface area contributed by atoms with E-state index in [0.717, 1.165) is 12.8 Å². The van der Waals surface area contributed by atoms with Crippen LogP contribution in [0, 0.1) is 0 Å². The van der Waals surface area contributed by atoms with Crippen molar-refractivity contribution in [2.45, 2.75) is 64.3 Å². The number of aromatic hydroxyl groups is 1. The van der Waals surface area contributed by atoms with Gasteiger partial charge >= 0.3 is 0 Å². The molecule has 5 rings (SSSR count). The van der Waals surface area contributed by atoms with Crippen molar-refractivity contribution in [2.24, 2.45) is 0 Å². The smallest absolute Gasteiger partial charge is 0.245 e. The average Bonchev–Trinajstić information content (AvgIpc) is 3.30. The minimum absolute atomic E-state index is 0.0107. The fourth-order valence-corrected chi connectivity index (χ4v) is 5.41. The molecule has 3 aromatic heterocycles. The molecule has 4 heterocycles. The number of benzene rings is 1. The van der Waals surface area contributed by atoms with Gasteiger partial charge in [-0.15, -0.1) is 10.2 Å². The fraction of sp³-hybridized carbons (Fsp3) is 0.423. The van der Waals surface area contributed by atoms with Gasteiger partial charge in [0.2, 0.25) is 5.95 Å². The molecule has 1 aliphatic rings. The molecule has 4 aromatic rings. The molecule has 188 valence electrons. The Morgan fingerprint density at radius 3 is 2.44 bits per heavy atom.